The molecular weight excluding hydrogens is 232 g/mol. The highest BCUT2D eigenvalue weighted by Gasteiger charge is 2.49. The predicted molar refractivity (Wildman–Crippen MR) is 80.3 cm³/mol. The number of nitrogens with zero attached hydrogens (tertiary/aromatic N) is 1. The zero-order valence-corrected chi connectivity index (χ0v) is 12.7. The Morgan fingerprint density at radius 3 is 2.47 bits per heavy atom. The molecule has 2 nitrogen and oxygen atoms in total. The first kappa shape index (κ1) is 13.1. The standard InChI is InChI=1S/C17H26N2/c1-12-5-13(2)7-14(6-12)10-19-11-15-8-18-9-16(15)17(19,3)4/h5-7,15-16,18H,8-11H2,1-4H3. The number of aryl methyl sites for hydroxylation is 2. The molecule has 0 amide bonds. The number of hydrogen-bond donors (Lipinski definition) is 1. The van der Waals surface area contributed by atoms with Crippen LogP contribution in [-0.2, 0) is 6.54 Å². The number of nitrogens with one attached hydrogen (secondary N) is 1. The Kier molecular flexibility index (Phi) is 3.18. The normalized spacial score (nSPS) is 29.7. The molecule has 0 spiro atoms. The SMILES string of the molecule is Cc1cc(C)cc(CN2CC3CNCC3C2(C)C)c1. The smallest absolute Gasteiger partial charge is 0.0239 e. The van der Waals surface area contributed by atoms with Crippen molar-refractivity contribution in [3.8, 4) is 0 Å². The van der Waals surface area contributed by atoms with E-state index < -0.39 is 0 Å². The monoisotopic (exact) mass is 258 g/mol. The van der Waals surface area contributed by atoms with E-state index in [1.54, 1.807) is 0 Å². The Balaban J connectivity index is 1.80. The van der Waals surface area contributed by atoms with Gasteiger partial charge in [-0.05, 0) is 51.6 Å². The Morgan fingerprint density at radius 2 is 1.84 bits per heavy atom. The molecule has 2 aliphatic heterocycles. The fourth-order valence-electron chi connectivity index (χ4n) is 4.15. The van der Waals surface area contributed by atoms with Crippen LogP contribution in [0.25, 0.3) is 0 Å². The highest BCUT2D eigenvalue weighted by Crippen LogP contribution is 2.41. The Bertz CT molecular complexity index is 458. The topological polar surface area (TPSA) is 15.3 Å². The first-order valence-electron chi connectivity index (χ1n) is 7.50. The molecule has 2 heteroatoms. The maximum Gasteiger partial charge on any atom is 0.0239 e. The second-order valence-electron chi connectivity index (χ2n) is 7.05. The molecule has 2 aliphatic rings. The van der Waals surface area contributed by atoms with Gasteiger partial charge < -0.3 is 5.32 Å². The van der Waals surface area contributed by atoms with E-state index in [-0.39, 0.29) is 0 Å². The molecule has 0 aliphatic carbocycles. The van der Waals surface area contributed by atoms with E-state index in [4.69, 9.17) is 0 Å². The van der Waals surface area contributed by atoms with Gasteiger partial charge in [0.05, 0.1) is 0 Å². The molecule has 2 unspecified atom stereocenters. The zero-order valence-electron chi connectivity index (χ0n) is 12.7. The van der Waals surface area contributed by atoms with Crippen molar-refractivity contribution < 1.29 is 0 Å². The molecule has 0 aromatic heterocycles. The van der Waals surface area contributed by atoms with Crippen LogP contribution in [0.15, 0.2) is 18.2 Å². The lowest BCUT2D eigenvalue weighted by atomic mass is 9.85. The summed E-state index contributed by atoms with van der Waals surface area (Å²) in [5.74, 6) is 1.67. The van der Waals surface area contributed by atoms with Gasteiger partial charge in [-0.3, -0.25) is 4.90 Å². The molecule has 2 fully saturated rings. The van der Waals surface area contributed by atoms with E-state index in [1.165, 1.54) is 36.3 Å². The number of hydrogen-bond acceptors (Lipinski definition) is 2. The Morgan fingerprint density at radius 1 is 1.16 bits per heavy atom. The van der Waals surface area contributed by atoms with Gasteiger partial charge in [-0.2, -0.15) is 0 Å². The van der Waals surface area contributed by atoms with Gasteiger partial charge in [-0.1, -0.05) is 29.3 Å². The lowest BCUT2D eigenvalue weighted by Gasteiger charge is -2.35. The van der Waals surface area contributed by atoms with Gasteiger partial charge in [-0.25, -0.2) is 0 Å². The van der Waals surface area contributed by atoms with Crippen molar-refractivity contribution in [1.29, 1.82) is 0 Å². The van der Waals surface area contributed by atoms with E-state index >= 15 is 0 Å². The molecule has 0 saturated carbocycles. The number of rotatable bonds is 2. The van der Waals surface area contributed by atoms with Crippen LogP contribution in [0, 0.1) is 25.7 Å². The van der Waals surface area contributed by atoms with Crippen LogP contribution in [0.5, 0.6) is 0 Å². The molecule has 2 atom stereocenters. The lowest BCUT2D eigenvalue weighted by Crippen LogP contribution is -2.43. The van der Waals surface area contributed by atoms with Gasteiger partial charge in [0.1, 0.15) is 0 Å². The summed E-state index contributed by atoms with van der Waals surface area (Å²) < 4.78 is 0. The summed E-state index contributed by atoms with van der Waals surface area (Å²) in [7, 11) is 0. The summed E-state index contributed by atoms with van der Waals surface area (Å²) in [5.41, 5.74) is 4.56. The second-order valence-corrected chi connectivity index (χ2v) is 7.05. The van der Waals surface area contributed by atoms with Gasteiger partial charge in [-0.15, -0.1) is 0 Å². The molecule has 19 heavy (non-hydrogen) atoms. The zero-order chi connectivity index (χ0) is 13.6. The van der Waals surface area contributed by atoms with Crippen molar-refractivity contribution in [2.45, 2.75) is 39.8 Å². The minimum atomic E-state index is 0.325. The molecule has 104 valence electrons. The van der Waals surface area contributed by atoms with Crippen LogP contribution in [0.2, 0.25) is 0 Å². The molecule has 1 aromatic carbocycles. The molecule has 0 radical (unpaired) electrons. The van der Waals surface area contributed by atoms with Gasteiger partial charge in [0.2, 0.25) is 0 Å². The molecule has 1 N–H and O–H groups in total. The van der Waals surface area contributed by atoms with Crippen molar-refractivity contribution in [1.82, 2.24) is 10.2 Å². The maximum atomic E-state index is 3.56. The average Bonchev–Trinajstić information content (AvgIpc) is 2.82. The molecule has 3 rings (SSSR count). The molecule has 0 bridgehead atoms. The fourth-order valence-corrected chi connectivity index (χ4v) is 4.15. The summed E-state index contributed by atoms with van der Waals surface area (Å²) >= 11 is 0. The quantitative estimate of drug-likeness (QED) is 0.877. The average molecular weight is 258 g/mol. The third-order valence-electron chi connectivity index (χ3n) is 5.17. The minimum Gasteiger partial charge on any atom is -0.316 e. The van der Waals surface area contributed by atoms with Crippen molar-refractivity contribution >= 4 is 0 Å². The number of fused-ring (bicyclic) bond motifs is 1. The third kappa shape index (κ3) is 2.32. The molecule has 1 aromatic rings. The van der Waals surface area contributed by atoms with Crippen LogP contribution in [-0.4, -0.2) is 30.1 Å². The van der Waals surface area contributed by atoms with E-state index in [0.717, 1.165) is 18.4 Å². The third-order valence-corrected chi connectivity index (χ3v) is 5.17. The van der Waals surface area contributed by atoms with Crippen molar-refractivity contribution in [3.63, 3.8) is 0 Å². The number of likely N-dealkylation sites (tertiary alicyclic amines) is 1. The largest absolute Gasteiger partial charge is 0.316 e. The Labute approximate surface area is 117 Å². The van der Waals surface area contributed by atoms with Crippen LogP contribution in [0.4, 0.5) is 0 Å². The van der Waals surface area contributed by atoms with Crippen LogP contribution in [0.3, 0.4) is 0 Å². The van der Waals surface area contributed by atoms with Crippen LogP contribution < -0.4 is 5.32 Å². The molecule has 2 saturated heterocycles. The second kappa shape index (κ2) is 4.60. The fraction of sp³-hybridized carbons (Fsp3) is 0.647. The summed E-state index contributed by atoms with van der Waals surface area (Å²) in [6.45, 7) is 14.0. The summed E-state index contributed by atoms with van der Waals surface area (Å²) in [4.78, 5) is 2.69. The maximum absolute atomic E-state index is 3.56. The first-order chi connectivity index (χ1) is 8.96. The summed E-state index contributed by atoms with van der Waals surface area (Å²) in [6, 6.07) is 6.95. The predicted octanol–water partition coefficient (Wildman–Crippen LogP) is 2.73. The number of benzene rings is 1. The van der Waals surface area contributed by atoms with E-state index in [2.05, 4.69) is 56.1 Å². The molecular formula is C17H26N2. The lowest BCUT2D eigenvalue weighted by molar-refractivity contribution is 0.132. The van der Waals surface area contributed by atoms with Gasteiger partial charge in [0, 0.05) is 25.2 Å². The van der Waals surface area contributed by atoms with Crippen LogP contribution >= 0.6 is 0 Å². The highest BCUT2D eigenvalue weighted by atomic mass is 15.2. The minimum absolute atomic E-state index is 0.325. The van der Waals surface area contributed by atoms with Gasteiger partial charge in [0.15, 0.2) is 0 Å². The first-order valence-corrected chi connectivity index (χ1v) is 7.50. The van der Waals surface area contributed by atoms with Crippen molar-refractivity contribution in [2.75, 3.05) is 19.6 Å². The summed E-state index contributed by atoms with van der Waals surface area (Å²) in [5, 5.41) is 3.56. The van der Waals surface area contributed by atoms with E-state index in [1.807, 2.05) is 0 Å². The van der Waals surface area contributed by atoms with E-state index in [0.29, 0.717) is 5.54 Å². The van der Waals surface area contributed by atoms with Crippen LogP contribution in [0.1, 0.15) is 30.5 Å². The highest BCUT2D eigenvalue weighted by molar-refractivity contribution is 5.29. The van der Waals surface area contributed by atoms with E-state index in [9.17, 15) is 0 Å². The van der Waals surface area contributed by atoms with Crippen molar-refractivity contribution in [3.05, 3.63) is 34.9 Å². The van der Waals surface area contributed by atoms with Crippen molar-refractivity contribution in [2.24, 2.45) is 11.8 Å². The summed E-state index contributed by atoms with van der Waals surface area (Å²) in [6.07, 6.45) is 0. The van der Waals surface area contributed by atoms with Gasteiger partial charge in [0.25, 0.3) is 0 Å². The Hall–Kier alpha value is -0.860. The molecule has 2 heterocycles. The van der Waals surface area contributed by atoms with Gasteiger partial charge >= 0.3 is 0 Å².